The Balaban J connectivity index is 2.23. The maximum Gasteiger partial charge on any atom is 0.336 e. The van der Waals surface area contributed by atoms with Gasteiger partial charge in [0.1, 0.15) is 5.75 Å². The highest BCUT2D eigenvalue weighted by Gasteiger charge is 2.13. The minimum atomic E-state index is -0.953. The summed E-state index contributed by atoms with van der Waals surface area (Å²) in [5.41, 5.74) is 1.83. The van der Waals surface area contributed by atoms with Crippen molar-refractivity contribution in [3.8, 4) is 16.9 Å². The largest absolute Gasteiger partial charge is 0.494 e. The normalized spacial score (nSPS) is 10.1. The van der Waals surface area contributed by atoms with E-state index in [1.165, 1.54) is 0 Å². The molecule has 0 bridgehead atoms. The molecule has 0 amide bonds. The Hall–Kier alpha value is -2.55. The van der Waals surface area contributed by atoms with Crippen molar-refractivity contribution < 1.29 is 14.6 Å². The van der Waals surface area contributed by atoms with Gasteiger partial charge < -0.3 is 9.84 Å². The van der Waals surface area contributed by atoms with Gasteiger partial charge in [0.25, 0.3) is 0 Å². The lowest BCUT2D eigenvalue weighted by Gasteiger charge is -2.10. The highest BCUT2D eigenvalue weighted by molar-refractivity contribution is 5.96. The average molecular weight is 282 g/mol. The molecule has 0 aliphatic heterocycles. The summed E-state index contributed by atoms with van der Waals surface area (Å²) in [6.07, 6.45) is 3.59. The van der Waals surface area contributed by atoms with Crippen molar-refractivity contribution in [2.45, 2.75) is 12.8 Å². The fourth-order valence-corrected chi connectivity index (χ4v) is 2.08. The van der Waals surface area contributed by atoms with Crippen molar-refractivity contribution in [2.75, 3.05) is 6.61 Å². The third-order valence-corrected chi connectivity index (χ3v) is 3.13. The minimum Gasteiger partial charge on any atom is -0.494 e. The Morgan fingerprint density at radius 2 is 1.95 bits per heavy atom. The van der Waals surface area contributed by atoms with Crippen LogP contribution in [0.25, 0.3) is 11.1 Å². The number of aromatic carboxylic acids is 1. The molecule has 3 nitrogen and oxygen atoms in total. The average Bonchev–Trinajstić information content (AvgIpc) is 2.52. The summed E-state index contributed by atoms with van der Waals surface area (Å²) < 4.78 is 5.58. The SMILES string of the molecule is C=CCCCOc1ccc(-c2ccccc2)c(C(=O)O)c1. The fraction of sp³-hybridized carbons (Fsp3) is 0.167. The molecule has 0 radical (unpaired) electrons. The first-order valence-electron chi connectivity index (χ1n) is 6.89. The van der Waals surface area contributed by atoms with Gasteiger partial charge in [-0.25, -0.2) is 4.79 Å². The number of carbonyl (C=O) groups is 1. The van der Waals surface area contributed by atoms with Crippen molar-refractivity contribution in [1.82, 2.24) is 0 Å². The predicted molar refractivity (Wildman–Crippen MR) is 83.8 cm³/mol. The van der Waals surface area contributed by atoms with Gasteiger partial charge in [0.2, 0.25) is 0 Å². The maximum absolute atomic E-state index is 11.5. The molecule has 0 aromatic heterocycles. The first-order chi connectivity index (χ1) is 10.2. The van der Waals surface area contributed by atoms with E-state index in [0.717, 1.165) is 18.4 Å². The molecule has 2 aromatic rings. The predicted octanol–water partition coefficient (Wildman–Crippen LogP) is 4.40. The van der Waals surface area contributed by atoms with Crippen LogP contribution in [-0.4, -0.2) is 17.7 Å². The monoisotopic (exact) mass is 282 g/mol. The van der Waals surface area contributed by atoms with Gasteiger partial charge in [-0.05, 0) is 42.2 Å². The van der Waals surface area contributed by atoms with Gasteiger partial charge in [-0.2, -0.15) is 0 Å². The number of hydrogen-bond donors (Lipinski definition) is 1. The van der Waals surface area contributed by atoms with Gasteiger partial charge >= 0.3 is 5.97 Å². The summed E-state index contributed by atoms with van der Waals surface area (Å²) in [5, 5.41) is 9.39. The molecule has 0 saturated heterocycles. The van der Waals surface area contributed by atoms with Crippen LogP contribution >= 0.6 is 0 Å². The van der Waals surface area contributed by atoms with E-state index in [1.54, 1.807) is 12.1 Å². The Labute approximate surface area is 124 Å². The van der Waals surface area contributed by atoms with Crippen molar-refractivity contribution in [3.63, 3.8) is 0 Å². The smallest absolute Gasteiger partial charge is 0.336 e. The third kappa shape index (κ3) is 3.96. The molecule has 2 rings (SSSR count). The van der Waals surface area contributed by atoms with E-state index in [4.69, 9.17) is 4.74 Å². The number of unbranched alkanes of at least 4 members (excludes halogenated alkanes) is 1. The Morgan fingerprint density at radius 3 is 2.62 bits per heavy atom. The van der Waals surface area contributed by atoms with Gasteiger partial charge in [-0.15, -0.1) is 6.58 Å². The van der Waals surface area contributed by atoms with Crippen LogP contribution in [0.4, 0.5) is 0 Å². The zero-order chi connectivity index (χ0) is 15.1. The summed E-state index contributed by atoms with van der Waals surface area (Å²) in [6.45, 7) is 4.21. The van der Waals surface area contributed by atoms with Crippen LogP contribution in [0.1, 0.15) is 23.2 Å². The number of allylic oxidation sites excluding steroid dienone is 1. The first kappa shape index (κ1) is 14.9. The number of ether oxygens (including phenoxy) is 1. The highest BCUT2D eigenvalue weighted by atomic mass is 16.5. The highest BCUT2D eigenvalue weighted by Crippen LogP contribution is 2.27. The van der Waals surface area contributed by atoms with E-state index in [-0.39, 0.29) is 5.56 Å². The van der Waals surface area contributed by atoms with Gasteiger partial charge in [0, 0.05) is 0 Å². The lowest BCUT2D eigenvalue weighted by Crippen LogP contribution is -2.02. The van der Waals surface area contributed by atoms with Crippen molar-refractivity contribution in [3.05, 3.63) is 66.7 Å². The number of hydrogen-bond acceptors (Lipinski definition) is 2. The quantitative estimate of drug-likeness (QED) is 0.605. The Kier molecular flexibility index (Phi) is 5.16. The fourth-order valence-electron chi connectivity index (χ4n) is 2.08. The van der Waals surface area contributed by atoms with Crippen LogP contribution in [0.15, 0.2) is 61.2 Å². The van der Waals surface area contributed by atoms with E-state index >= 15 is 0 Å². The molecule has 0 spiro atoms. The summed E-state index contributed by atoms with van der Waals surface area (Å²) in [6, 6.07) is 14.7. The molecule has 21 heavy (non-hydrogen) atoms. The second-order valence-corrected chi connectivity index (χ2v) is 4.66. The maximum atomic E-state index is 11.5. The molecule has 0 unspecified atom stereocenters. The molecule has 0 aliphatic carbocycles. The zero-order valence-electron chi connectivity index (χ0n) is 11.8. The van der Waals surface area contributed by atoms with Crippen molar-refractivity contribution in [2.24, 2.45) is 0 Å². The lowest BCUT2D eigenvalue weighted by atomic mass is 9.99. The van der Waals surface area contributed by atoms with E-state index < -0.39 is 5.97 Å². The van der Waals surface area contributed by atoms with E-state index in [1.807, 2.05) is 42.5 Å². The Bertz CT molecular complexity index is 618. The van der Waals surface area contributed by atoms with Gasteiger partial charge in [-0.1, -0.05) is 36.4 Å². The molecular weight excluding hydrogens is 264 g/mol. The van der Waals surface area contributed by atoms with E-state index in [9.17, 15) is 9.90 Å². The number of carboxylic acids is 1. The molecular formula is C18H18O3. The summed E-state index contributed by atoms with van der Waals surface area (Å²) in [7, 11) is 0. The molecule has 2 aromatic carbocycles. The molecule has 0 aliphatic rings. The van der Waals surface area contributed by atoms with Gasteiger partial charge in [0.05, 0.1) is 12.2 Å². The van der Waals surface area contributed by atoms with Gasteiger partial charge in [0.15, 0.2) is 0 Å². The second kappa shape index (κ2) is 7.29. The number of benzene rings is 2. The summed E-state index contributed by atoms with van der Waals surface area (Å²) in [5.74, 6) is -0.374. The Morgan fingerprint density at radius 1 is 1.19 bits per heavy atom. The summed E-state index contributed by atoms with van der Waals surface area (Å²) in [4.78, 5) is 11.5. The van der Waals surface area contributed by atoms with Crippen LogP contribution in [0, 0.1) is 0 Å². The van der Waals surface area contributed by atoms with Crippen molar-refractivity contribution in [1.29, 1.82) is 0 Å². The topological polar surface area (TPSA) is 46.5 Å². The standard InChI is InChI=1S/C18H18O3/c1-2-3-7-12-21-15-10-11-16(17(13-15)18(19)20)14-8-5-4-6-9-14/h2,4-6,8-11,13H,1,3,7,12H2,(H,19,20). The number of carboxylic acid groups (broad SMARTS) is 1. The molecule has 0 fully saturated rings. The van der Waals surface area contributed by atoms with Crippen LogP contribution in [0.2, 0.25) is 0 Å². The molecule has 0 saturated carbocycles. The van der Waals surface area contributed by atoms with Crippen LogP contribution in [0.3, 0.4) is 0 Å². The molecule has 0 heterocycles. The molecule has 108 valence electrons. The zero-order valence-corrected chi connectivity index (χ0v) is 11.8. The molecule has 1 N–H and O–H groups in total. The lowest BCUT2D eigenvalue weighted by molar-refractivity contribution is 0.0697. The number of rotatable bonds is 7. The van der Waals surface area contributed by atoms with Crippen LogP contribution in [0.5, 0.6) is 5.75 Å². The van der Waals surface area contributed by atoms with E-state index in [2.05, 4.69) is 6.58 Å². The van der Waals surface area contributed by atoms with E-state index in [0.29, 0.717) is 17.9 Å². The molecule has 3 heteroatoms. The second-order valence-electron chi connectivity index (χ2n) is 4.66. The minimum absolute atomic E-state index is 0.252. The van der Waals surface area contributed by atoms with Crippen molar-refractivity contribution >= 4 is 5.97 Å². The first-order valence-corrected chi connectivity index (χ1v) is 6.89. The third-order valence-electron chi connectivity index (χ3n) is 3.13. The summed E-state index contributed by atoms with van der Waals surface area (Å²) >= 11 is 0. The van der Waals surface area contributed by atoms with Crippen LogP contribution in [-0.2, 0) is 0 Å². The van der Waals surface area contributed by atoms with Gasteiger partial charge in [-0.3, -0.25) is 0 Å². The molecule has 0 atom stereocenters. The van der Waals surface area contributed by atoms with Crippen LogP contribution < -0.4 is 4.74 Å².